The summed E-state index contributed by atoms with van der Waals surface area (Å²) in [6.45, 7) is 0. The van der Waals surface area contributed by atoms with Crippen molar-refractivity contribution in [2.45, 2.75) is 0 Å². The van der Waals surface area contributed by atoms with Gasteiger partial charge in [-0.2, -0.15) is 0 Å². The van der Waals surface area contributed by atoms with Crippen LogP contribution in [-0.4, -0.2) is 9.97 Å². The molecule has 0 atom stereocenters. The fourth-order valence-electron chi connectivity index (χ4n) is 2.34. The molecule has 0 aliphatic carbocycles. The predicted molar refractivity (Wildman–Crippen MR) is 98.8 cm³/mol. The molecule has 2 aromatic carbocycles. The lowest BCUT2D eigenvalue weighted by Gasteiger charge is -2.10. The van der Waals surface area contributed by atoms with E-state index in [1.165, 1.54) is 6.20 Å². The fourth-order valence-corrected chi connectivity index (χ4v) is 3.55. The van der Waals surface area contributed by atoms with E-state index in [-0.39, 0.29) is 0 Å². The Bertz CT molecular complexity index is 999. The van der Waals surface area contributed by atoms with Gasteiger partial charge in [-0.1, -0.05) is 35.9 Å². The van der Waals surface area contributed by atoms with Gasteiger partial charge in [-0.25, -0.2) is 9.97 Å². The van der Waals surface area contributed by atoms with Crippen LogP contribution in [0.2, 0.25) is 5.02 Å². The van der Waals surface area contributed by atoms with Gasteiger partial charge in [0, 0.05) is 0 Å². The molecule has 4 rings (SSSR count). The lowest BCUT2D eigenvalue weighted by Crippen LogP contribution is -1.93. The molecule has 0 saturated heterocycles. The van der Waals surface area contributed by atoms with Gasteiger partial charge >= 0.3 is 0 Å². The van der Waals surface area contributed by atoms with Crippen molar-refractivity contribution < 1.29 is 4.74 Å². The summed E-state index contributed by atoms with van der Waals surface area (Å²) in [6.07, 6.45) is 1.52. The van der Waals surface area contributed by atoms with E-state index in [9.17, 15) is 0 Å². The molecule has 0 bridgehead atoms. The topological polar surface area (TPSA) is 61.0 Å². The maximum Gasteiger partial charge on any atom is 0.238 e. The second-order valence-corrected chi connectivity index (χ2v) is 6.58. The maximum absolute atomic E-state index is 6.16. The number of nitrogens with zero attached hydrogens (tertiary/aromatic N) is 2. The third-order valence-electron chi connectivity index (χ3n) is 3.45. The normalized spacial score (nSPS) is 10.9. The number of ether oxygens (including phenoxy) is 1. The number of hydrogen-bond acceptors (Lipinski definition) is 5. The Morgan fingerprint density at radius 3 is 2.67 bits per heavy atom. The first kappa shape index (κ1) is 14.9. The zero-order valence-corrected chi connectivity index (χ0v) is 14.0. The van der Waals surface area contributed by atoms with Crippen LogP contribution in [0.15, 0.2) is 60.8 Å². The lowest BCUT2D eigenvalue weighted by molar-refractivity contribution is 0.465. The molecule has 2 aromatic heterocycles. The Morgan fingerprint density at radius 2 is 1.83 bits per heavy atom. The molecule has 0 fully saturated rings. The molecule has 6 heteroatoms. The van der Waals surface area contributed by atoms with E-state index in [1.807, 2.05) is 42.5 Å². The van der Waals surface area contributed by atoms with Crippen molar-refractivity contribution in [3.8, 4) is 22.2 Å². The molecule has 2 N–H and O–H groups in total. The minimum atomic E-state index is 0.319. The van der Waals surface area contributed by atoms with Gasteiger partial charge in [0.2, 0.25) is 5.88 Å². The van der Waals surface area contributed by atoms with Crippen molar-refractivity contribution in [3.63, 3.8) is 0 Å². The number of nitrogen functional groups attached to an aromatic ring is 1. The second-order valence-electron chi connectivity index (χ2n) is 5.14. The van der Waals surface area contributed by atoms with Gasteiger partial charge < -0.3 is 10.5 Å². The van der Waals surface area contributed by atoms with Gasteiger partial charge in [0.15, 0.2) is 0 Å². The second kappa shape index (κ2) is 6.11. The Hall–Kier alpha value is -2.63. The van der Waals surface area contributed by atoms with Gasteiger partial charge in [0.25, 0.3) is 0 Å². The number of rotatable bonds is 3. The van der Waals surface area contributed by atoms with E-state index in [2.05, 4.69) is 16.0 Å². The fraction of sp³-hybridized carbons (Fsp3) is 0. The summed E-state index contributed by atoms with van der Waals surface area (Å²) in [6, 6.07) is 17.3. The molecular weight excluding hydrogens is 342 g/mol. The van der Waals surface area contributed by atoms with Crippen LogP contribution in [0.1, 0.15) is 0 Å². The molecular formula is C18H12ClN3OS. The number of thiazole rings is 1. The molecule has 0 unspecified atom stereocenters. The maximum atomic E-state index is 6.16. The number of halogens is 1. The average Bonchev–Trinajstić information content (AvgIpc) is 3.02. The number of para-hydroxylation sites is 2. The monoisotopic (exact) mass is 353 g/mol. The largest absolute Gasteiger partial charge is 0.437 e. The summed E-state index contributed by atoms with van der Waals surface area (Å²) in [5, 5.41) is 1.26. The first-order valence-electron chi connectivity index (χ1n) is 7.24. The highest BCUT2D eigenvalue weighted by Crippen LogP contribution is 2.38. The molecule has 118 valence electrons. The number of benzene rings is 2. The third-order valence-corrected chi connectivity index (χ3v) is 4.79. The lowest BCUT2D eigenvalue weighted by atomic mass is 10.2. The SMILES string of the molecule is Nc1cnc(Oc2ccccc2-c2nc3ccccc3s2)c(Cl)c1. The van der Waals surface area contributed by atoms with Crippen LogP contribution in [0.5, 0.6) is 11.6 Å². The average molecular weight is 354 g/mol. The summed E-state index contributed by atoms with van der Waals surface area (Å²) in [5.74, 6) is 0.968. The van der Waals surface area contributed by atoms with Gasteiger partial charge in [-0.3, -0.25) is 0 Å². The van der Waals surface area contributed by atoms with Crippen LogP contribution < -0.4 is 10.5 Å². The Balaban J connectivity index is 1.77. The van der Waals surface area contributed by atoms with Gasteiger partial charge in [-0.15, -0.1) is 11.3 Å². The molecule has 2 heterocycles. The van der Waals surface area contributed by atoms with Crippen LogP contribution >= 0.6 is 22.9 Å². The third kappa shape index (κ3) is 2.79. The molecule has 4 aromatic rings. The Labute approximate surface area is 147 Å². The highest BCUT2D eigenvalue weighted by atomic mass is 35.5. The van der Waals surface area contributed by atoms with Crippen molar-refractivity contribution >= 4 is 38.8 Å². The molecule has 0 spiro atoms. The van der Waals surface area contributed by atoms with Crippen LogP contribution in [-0.2, 0) is 0 Å². The summed E-state index contributed by atoms with van der Waals surface area (Å²) in [5.41, 5.74) is 8.03. The first-order chi connectivity index (χ1) is 11.7. The zero-order valence-electron chi connectivity index (χ0n) is 12.4. The molecule has 24 heavy (non-hydrogen) atoms. The Morgan fingerprint density at radius 1 is 1.04 bits per heavy atom. The number of hydrogen-bond donors (Lipinski definition) is 1. The molecule has 4 nitrogen and oxygen atoms in total. The van der Waals surface area contributed by atoms with Crippen molar-refractivity contribution in [1.29, 1.82) is 0 Å². The summed E-state index contributed by atoms with van der Waals surface area (Å²) in [7, 11) is 0. The van der Waals surface area contributed by atoms with Crippen molar-refractivity contribution in [3.05, 3.63) is 65.8 Å². The van der Waals surface area contributed by atoms with E-state index < -0.39 is 0 Å². The van der Waals surface area contributed by atoms with Crippen LogP contribution in [0.3, 0.4) is 0 Å². The standard InChI is InChI=1S/C18H12ClN3OS/c19-13-9-11(20)10-21-17(13)23-15-7-3-1-5-12(15)18-22-14-6-2-4-8-16(14)24-18/h1-10H,20H2. The number of nitrogens with two attached hydrogens (primary N) is 1. The highest BCUT2D eigenvalue weighted by Gasteiger charge is 2.13. The highest BCUT2D eigenvalue weighted by molar-refractivity contribution is 7.21. The predicted octanol–water partition coefficient (Wildman–Crippen LogP) is 5.39. The molecule has 0 radical (unpaired) electrons. The molecule has 0 aliphatic heterocycles. The molecule has 0 aliphatic rings. The molecule has 0 saturated carbocycles. The van der Waals surface area contributed by atoms with E-state index in [1.54, 1.807) is 17.4 Å². The smallest absolute Gasteiger partial charge is 0.238 e. The summed E-state index contributed by atoms with van der Waals surface area (Å²) in [4.78, 5) is 8.84. The van der Waals surface area contributed by atoms with E-state index in [0.29, 0.717) is 22.3 Å². The minimum absolute atomic E-state index is 0.319. The number of pyridine rings is 1. The number of anilines is 1. The van der Waals surface area contributed by atoms with E-state index in [4.69, 9.17) is 22.1 Å². The summed E-state index contributed by atoms with van der Waals surface area (Å²) >= 11 is 7.78. The van der Waals surface area contributed by atoms with Gasteiger partial charge in [0.05, 0.1) is 27.7 Å². The van der Waals surface area contributed by atoms with Crippen molar-refractivity contribution in [1.82, 2.24) is 9.97 Å². The first-order valence-corrected chi connectivity index (χ1v) is 8.44. The van der Waals surface area contributed by atoms with E-state index >= 15 is 0 Å². The van der Waals surface area contributed by atoms with Gasteiger partial charge in [0.1, 0.15) is 15.8 Å². The van der Waals surface area contributed by atoms with E-state index in [0.717, 1.165) is 20.8 Å². The van der Waals surface area contributed by atoms with Crippen molar-refractivity contribution in [2.75, 3.05) is 5.73 Å². The number of aromatic nitrogens is 2. The van der Waals surface area contributed by atoms with Crippen molar-refractivity contribution in [2.24, 2.45) is 0 Å². The quantitative estimate of drug-likeness (QED) is 0.536. The van der Waals surface area contributed by atoms with Crippen LogP contribution in [0.25, 0.3) is 20.8 Å². The van der Waals surface area contributed by atoms with Crippen LogP contribution in [0, 0.1) is 0 Å². The zero-order chi connectivity index (χ0) is 16.5. The number of fused-ring (bicyclic) bond motifs is 1. The Kier molecular flexibility index (Phi) is 3.80. The van der Waals surface area contributed by atoms with Crippen LogP contribution in [0.4, 0.5) is 5.69 Å². The summed E-state index contributed by atoms with van der Waals surface area (Å²) < 4.78 is 7.04. The molecule has 0 amide bonds. The van der Waals surface area contributed by atoms with Gasteiger partial charge in [-0.05, 0) is 30.3 Å². The minimum Gasteiger partial charge on any atom is -0.437 e.